The minimum Gasteiger partial charge on any atom is -0.379 e. The lowest BCUT2D eigenvalue weighted by Gasteiger charge is -2.32. The summed E-state index contributed by atoms with van der Waals surface area (Å²) in [6, 6.07) is 0. The van der Waals surface area contributed by atoms with E-state index in [0.29, 0.717) is 13.2 Å². The Hall–Kier alpha value is -1.23. The minimum absolute atomic E-state index is 0.00119. The van der Waals surface area contributed by atoms with E-state index in [2.05, 4.69) is 0 Å². The van der Waals surface area contributed by atoms with Gasteiger partial charge in [0.05, 0.1) is 19.1 Å². The van der Waals surface area contributed by atoms with E-state index < -0.39 is 22.0 Å². The van der Waals surface area contributed by atoms with E-state index in [1.807, 2.05) is 0 Å². The summed E-state index contributed by atoms with van der Waals surface area (Å²) in [5.41, 5.74) is 5.35. The van der Waals surface area contributed by atoms with Gasteiger partial charge >= 0.3 is 0 Å². The van der Waals surface area contributed by atoms with Gasteiger partial charge in [0.25, 0.3) is 10.2 Å². The normalized spacial score (nSPS) is 25.7. The van der Waals surface area contributed by atoms with Crippen molar-refractivity contribution in [1.29, 1.82) is 0 Å². The van der Waals surface area contributed by atoms with Crippen LogP contribution in [-0.2, 0) is 24.5 Å². The first-order valence-electron chi connectivity index (χ1n) is 7.20. The highest BCUT2D eigenvalue weighted by Gasteiger charge is 2.36. The molecule has 2 aliphatic rings. The average molecular weight is 334 g/mol. The van der Waals surface area contributed by atoms with Gasteiger partial charge in [0.1, 0.15) is 0 Å². The zero-order chi connectivity index (χ0) is 16.3. The molecule has 0 spiro atoms. The largest absolute Gasteiger partial charge is 0.379 e. The summed E-state index contributed by atoms with van der Waals surface area (Å²) in [5.74, 6) is -1.51. The fourth-order valence-electron chi connectivity index (χ4n) is 2.60. The predicted molar refractivity (Wildman–Crippen MR) is 77.8 cm³/mol. The van der Waals surface area contributed by atoms with Crippen molar-refractivity contribution in [2.24, 2.45) is 11.7 Å². The van der Waals surface area contributed by atoms with Crippen LogP contribution in [0.4, 0.5) is 0 Å². The van der Waals surface area contributed by atoms with E-state index in [0.717, 1.165) is 0 Å². The van der Waals surface area contributed by atoms with Crippen molar-refractivity contribution < 1.29 is 22.7 Å². The second-order valence-corrected chi connectivity index (χ2v) is 7.37. The Morgan fingerprint density at radius 3 is 2.23 bits per heavy atom. The van der Waals surface area contributed by atoms with Gasteiger partial charge in [-0.1, -0.05) is 0 Å². The van der Waals surface area contributed by atoms with Crippen molar-refractivity contribution in [3.63, 3.8) is 0 Å². The summed E-state index contributed by atoms with van der Waals surface area (Å²) in [5, 5.41) is 0. The topological polar surface area (TPSA) is 113 Å². The van der Waals surface area contributed by atoms with E-state index >= 15 is 0 Å². The lowest BCUT2D eigenvalue weighted by Crippen LogP contribution is -2.50. The van der Waals surface area contributed by atoms with Crippen molar-refractivity contribution in [2.75, 3.05) is 52.5 Å². The summed E-state index contributed by atoms with van der Waals surface area (Å²) in [7, 11) is -3.68. The Balaban J connectivity index is 2.18. The SMILES string of the molecule is CC(=O)N1CCN(S(=O)(=O)N2CCOCC2)C[C@H](C(N)=O)C1. The van der Waals surface area contributed by atoms with Crippen molar-refractivity contribution in [2.45, 2.75) is 6.92 Å². The zero-order valence-corrected chi connectivity index (χ0v) is 13.4. The van der Waals surface area contributed by atoms with Gasteiger partial charge in [-0.2, -0.15) is 17.0 Å². The second kappa shape index (κ2) is 6.90. The van der Waals surface area contributed by atoms with Gasteiger partial charge in [-0.3, -0.25) is 9.59 Å². The maximum Gasteiger partial charge on any atom is 0.282 e. The van der Waals surface area contributed by atoms with Crippen LogP contribution < -0.4 is 5.73 Å². The molecule has 9 nitrogen and oxygen atoms in total. The van der Waals surface area contributed by atoms with E-state index in [4.69, 9.17) is 10.5 Å². The monoisotopic (exact) mass is 334 g/mol. The molecule has 2 fully saturated rings. The number of amides is 2. The molecule has 0 aromatic rings. The molecule has 0 unspecified atom stereocenters. The van der Waals surface area contributed by atoms with E-state index in [-0.39, 0.29) is 45.2 Å². The van der Waals surface area contributed by atoms with Crippen molar-refractivity contribution in [3.05, 3.63) is 0 Å². The van der Waals surface area contributed by atoms with Crippen molar-refractivity contribution in [3.8, 4) is 0 Å². The predicted octanol–water partition coefficient (Wildman–Crippen LogP) is -2.17. The van der Waals surface area contributed by atoms with Crippen LogP contribution in [0.2, 0.25) is 0 Å². The number of hydrogen-bond acceptors (Lipinski definition) is 5. The summed E-state index contributed by atoms with van der Waals surface area (Å²) in [6.07, 6.45) is 0. The van der Waals surface area contributed by atoms with Gasteiger partial charge in [0.15, 0.2) is 0 Å². The Morgan fingerprint density at radius 2 is 1.68 bits per heavy atom. The molecule has 2 N–H and O–H groups in total. The molecule has 2 rings (SSSR count). The van der Waals surface area contributed by atoms with E-state index in [9.17, 15) is 18.0 Å². The number of rotatable bonds is 3. The molecule has 10 heteroatoms. The number of ether oxygens (including phenoxy) is 1. The maximum absolute atomic E-state index is 12.7. The zero-order valence-electron chi connectivity index (χ0n) is 12.6. The van der Waals surface area contributed by atoms with Crippen LogP contribution >= 0.6 is 0 Å². The fraction of sp³-hybridized carbons (Fsp3) is 0.833. The number of nitrogens with zero attached hydrogens (tertiary/aromatic N) is 3. The fourth-order valence-corrected chi connectivity index (χ4v) is 4.22. The first-order valence-corrected chi connectivity index (χ1v) is 8.60. The standard InChI is InChI=1S/C12H22N4O5S/c1-10(17)14-2-3-16(9-11(8-14)12(13)18)22(19,20)15-4-6-21-7-5-15/h11H,2-9H2,1H3,(H2,13,18)/t11-/m1/s1. The van der Waals surface area contributed by atoms with Gasteiger partial charge in [0, 0.05) is 46.2 Å². The first kappa shape index (κ1) is 17.1. The van der Waals surface area contributed by atoms with E-state index in [1.165, 1.54) is 20.4 Å². The molecule has 2 saturated heterocycles. The molecule has 22 heavy (non-hydrogen) atoms. The molecule has 2 aliphatic heterocycles. The Morgan fingerprint density at radius 1 is 1.05 bits per heavy atom. The Labute approximate surface area is 130 Å². The Bertz CT molecular complexity index is 532. The number of hydrogen-bond donors (Lipinski definition) is 1. The molecule has 0 radical (unpaired) electrons. The van der Waals surface area contributed by atoms with Gasteiger partial charge in [-0.05, 0) is 0 Å². The molecule has 0 saturated carbocycles. The van der Waals surface area contributed by atoms with Gasteiger partial charge in [0.2, 0.25) is 11.8 Å². The highest BCUT2D eigenvalue weighted by atomic mass is 32.2. The average Bonchev–Trinajstić information content (AvgIpc) is 2.71. The Kier molecular flexibility index (Phi) is 5.37. The van der Waals surface area contributed by atoms with Gasteiger partial charge in [-0.25, -0.2) is 0 Å². The van der Waals surface area contributed by atoms with Crippen LogP contribution in [0.5, 0.6) is 0 Å². The number of primary amides is 1. The molecule has 0 aromatic heterocycles. The number of nitrogens with two attached hydrogens (primary N) is 1. The molecular weight excluding hydrogens is 312 g/mol. The highest BCUT2D eigenvalue weighted by Crippen LogP contribution is 2.17. The van der Waals surface area contributed by atoms with Crippen LogP contribution in [0, 0.1) is 5.92 Å². The van der Waals surface area contributed by atoms with Crippen LogP contribution in [0.15, 0.2) is 0 Å². The van der Waals surface area contributed by atoms with Crippen LogP contribution in [0.3, 0.4) is 0 Å². The van der Waals surface area contributed by atoms with Gasteiger partial charge < -0.3 is 15.4 Å². The lowest BCUT2D eigenvalue weighted by molar-refractivity contribution is -0.130. The third-order valence-electron chi connectivity index (χ3n) is 3.95. The molecule has 2 amide bonds. The van der Waals surface area contributed by atoms with Crippen LogP contribution in [0.25, 0.3) is 0 Å². The lowest BCUT2D eigenvalue weighted by atomic mass is 10.1. The third-order valence-corrected chi connectivity index (χ3v) is 5.96. The summed E-state index contributed by atoms with van der Waals surface area (Å²) in [4.78, 5) is 24.6. The highest BCUT2D eigenvalue weighted by molar-refractivity contribution is 7.86. The molecule has 1 atom stereocenters. The van der Waals surface area contributed by atoms with Crippen molar-refractivity contribution in [1.82, 2.24) is 13.5 Å². The van der Waals surface area contributed by atoms with Crippen LogP contribution in [-0.4, -0.2) is 86.2 Å². The third kappa shape index (κ3) is 3.75. The quantitative estimate of drug-likeness (QED) is 0.631. The smallest absolute Gasteiger partial charge is 0.282 e. The molecule has 0 aromatic carbocycles. The number of carbonyl (C=O) groups is 2. The molecule has 126 valence electrons. The summed E-state index contributed by atoms with van der Waals surface area (Å²) >= 11 is 0. The summed E-state index contributed by atoms with van der Waals surface area (Å²) < 4.78 is 33.1. The molecule has 0 aliphatic carbocycles. The first-order chi connectivity index (χ1) is 10.3. The van der Waals surface area contributed by atoms with E-state index in [1.54, 1.807) is 0 Å². The van der Waals surface area contributed by atoms with Gasteiger partial charge in [-0.15, -0.1) is 0 Å². The number of carbonyl (C=O) groups excluding carboxylic acids is 2. The second-order valence-electron chi connectivity index (χ2n) is 5.44. The number of morpholine rings is 1. The molecule has 0 bridgehead atoms. The minimum atomic E-state index is -3.68. The van der Waals surface area contributed by atoms with Crippen molar-refractivity contribution >= 4 is 22.0 Å². The summed E-state index contributed by atoms with van der Waals surface area (Å²) in [6.45, 7) is 3.24. The van der Waals surface area contributed by atoms with Crippen LogP contribution in [0.1, 0.15) is 6.92 Å². The molecular formula is C12H22N4O5S. The molecule has 2 heterocycles. The maximum atomic E-state index is 12.7.